The van der Waals surface area contributed by atoms with Crippen LogP contribution in [0.15, 0.2) is 0 Å². The molecule has 0 fully saturated rings. The molecule has 0 amide bonds. The van der Waals surface area contributed by atoms with Gasteiger partial charge in [0.2, 0.25) is 0 Å². The van der Waals surface area contributed by atoms with Gasteiger partial charge in [0.25, 0.3) is 0 Å². The fourth-order valence-corrected chi connectivity index (χ4v) is 0. The van der Waals surface area contributed by atoms with Crippen LogP contribution in [0.5, 0.6) is 0 Å². The van der Waals surface area contributed by atoms with Crippen LogP contribution in [-0.2, 0) is 11.1 Å². The molecule has 0 aromatic carbocycles. The van der Waals surface area contributed by atoms with Crippen LogP contribution in [0.25, 0.3) is 0 Å². The number of hydrogen-bond donors (Lipinski definition) is 2. The molecule has 0 bridgehead atoms. The molecule has 0 aliphatic rings. The van der Waals surface area contributed by atoms with E-state index in [0.717, 1.165) is 0 Å². The van der Waals surface area contributed by atoms with Crippen molar-refractivity contribution in [3.05, 3.63) is 0 Å². The molecule has 3 nitrogen and oxygen atoms in total. The molecule has 46 valence electrons. The third kappa shape index (κ3) is 5.21. The zero-order valence-electron chi connectivity index (χ0n) is 6.21. The van der Waals surface area contributed by atoms with Gasteiger partial charge in [-0.05, 0) is 13.8 Å². The Kier molecular flexibility index (Phi) is 5.88. The Bertz CT molecular complexity index is 91.5. The predicted octanol–water partition coefficient (Wildman–Crippen LogP) is -2.95. The zero-order chi connectivity index (χ0) is 6.08. The Hall–Kier alpha value is 1.07. The van der Waals surface area contributed by atoms with Gasteiger partial charge in [0.1, 0.15) is 0 Å². The average molecular weight is 148 g/mol. The van der Waals surface area contributed by atoms with Crippen molar-refractivity contribution >= 4 is 11.1 Å². The van der Waals surface area contributed by atoms with Crippen LogP contribution in [0.3, 0.4) is 0 Å². The third-order valence-electron chi connectivity index (χ3n) is 0.427. The Morgan fingerprint density at radius 1 is 1.62 bits per heavy atom. The maximum Gasteiger partial charge on any atom is 1.00 e. The van der Waals surface area contributed by atoms with E-state index in [1.165, 1.54) is 13.8 Å². The maximum atomic E-state index is 9.88. The summed E-state index contributed by atoms with van der Waals surface area (Å²) in [5, 5.41) is 8.54. The molecule has 0 aromatic rings. The fraction of sp³-hybridized carbons (Fsp3) is 1.00. The summed E-state index contributed by atoms with van der Waals surface area (Å²) in [5.74, 6) is 0. The summed E-state index contributed by atoms with van der Waals surface area (Å²) in [5.41, 5.74) is 0. The first-order valence-corrected chi connectivity index (χ1v) is 2.88. The van der Waals surface area contributed by atoms with E-state index in [4.69, 9.17) is 9.66 Å². The van der Waals surface area contributed by atoms with Crippen molar-refractivity contribution < 1.29 is 44.9 Å². The van der Waals surface area contributed by atoms with Crippen molar-refractivity contribution in [1.29, 1.82) is 0 Å². The molecule has 2 N–H and O–H groups in total. The van der Waals surface area contributed by atoms with Gasteiger partial charge in [-0.2, -0.15) is 0 Å². The standard InChI is InChI=1S/C3H8O3S.Na.H/c1-3(2,4)7(5)6;;/h4H,1-2H3,(H,5,6);;/q;+1;-1. The minimum Gasteiger partial charge on any atom is -1.00 e. The van der Waals surface area contributed by atoms with E-state index in [0.29, 0.717) is 0 Å². The average Bonchev–Trinajstić information content (AvgIpc) is 1.31. The summed E-state index contributed by atoms with van der Waals surface area (Å²) in [7, 11) is 0. The van der Waals surface area contributed by atoms with E-state index in [2.05, 4.69) is 0 Å². The van der Waals surface area contributed by atoms with Crippen molar-refractivity contribution in [3.8, 4) is 0 Å². The summed E-state index contributed by atoms with van der Waals surface area (Å²) >= 11 is -2.13. The van der Waals surface area contributed by atoms with E-state index >= 15 is 0 Å². The van der Waals surface area contributed by atoms with E-state index in [1.807, 2.05) is 0 Å². The summed E-state index contributed by atoms with van der Waals surface area (Å²) in [6.45, 7) is 2.53. The van der Waals surface area contributed by atoms with Crippen LogP contribution in [0.2, 0.25) is 0 Å². The molecular weight excluding hydrogens is 139 g/mol. The van der Waals surface area contributed by atoms with Gasteiger partial charge in [-0.15, -0.1) is 0 Å². The molecule has 0 saturated carbocycles. The van der Waals surface area contributed by atoms with Crippen LogP contribution in [0.1, 0.15) is 15.3 Å². The largest absolute Gasteiger partial charge is 1.00 e. The minimum absolute atomic E-state index is 0. The maximum absolute atomic E-state index is 9.88. The zero-order valence-corrected chi connectivity index (χ0v) is 8.03. The monoisotopic (exact) mass is 148 g/mol. The summed E-state index contributed by atoms with van der Waals surface area (Å²) in [4.78, 5) is -1.47. The van der Waals surface area contributed by atoms with Crippen molar-refractivity contribution in [2.24, 2.45) is 0 Å². The Morgan fingerprint density at radius 3 is 1.75 bits per heavy atom. The predicted molar refractivity (Wildman–Crippen MR) is 28.2 cm³/mol. The molecule has 0 rings (SSSR count). The number of rotatable bonds is 1. The third-order valence-corrected chi connectivity index (χ3v) is 1.28. The second-order valence-corrected chi connectivity index (χ2v) is 3.19. The van der Waals surface area contributed by atoms with Crippen LogP contribution in [0, 0.1) is 0 Å². The Morgan fingerprint density at radius 2 is 1.75 bits per heavy atom. The first-order chi connectivity index (χ1) is 2.94. The normalized spacial score (nSPS) is 14.5. The van der Waals surface area contributed by atoms with E-state index in [-0.39, 0.29) is 31.0 Å². The molecule has 0 aliphatic carbocycles. The summed E-state index contributed by atoms with van der Waals surface area (Å²) < 4.78 is 18.0. The van der Waals surface area contributed by atoms with E-state index in [1.54, 1.807) is 0 Å². The van der Waals surface area contributed by atoms with Gasteiger partial charge < -0.3 is 11.1 Å². The molecule has 0 aliphatic heterocycles. The molecule has 0 saturated heterocycles. The molecule has 0 heterocycles. The fourth-order valence-electron chi connectivity index (χ4n) is 0. The van der Waals surface area contributed by atoms with Crippen LogP contribution >= 0.6 is 0 Å². The second kappa shape index (κ2) is 3.98. The summed E-state index contributed by atoms with van der Waals surface area (Å²) in [6.07, 6.45) is 0. The molecule has 0 aromatic heterocycles. The van der Waals surface area contributed by atoms with Gasteiger partial charge in [0.15, 0.2) is 16.0 Å². The van der Waals surface area contributed by atoms with E-state index < -0.39 is 16.0 Å². The van der Waals surface area contributed by atoms with Gasteiger partial charge in [0, 0.05) is 0 Å². The topological polar surface area (TPSA) is 57.5 Å². The van der Waals surface area contributed by atoms with Crippen LogP contribution in [0.4, 0.5) is 0 Å². The van der Waals surface area contributed by atoms with Gasteiger partial charge >= 0.3 is 29.6 Å². The van der Waals surface area contributed by atoms with Crippen LogP contribution in [-0.4, -0.2) is 18.8 Å². The van der Waals surface area contributed by atoms with Gasteiger partial charge in [0.05, 0.1) is 0 Å². The smallest absolute Gasteiger partial charge is 1.00 e. The van der Waals surface area contributed by atoms with Crippen molar-refractivity contribution in [2.45, 2.75) is 18.8 Å². The summed E-state index contributed by atoms with van der Waals surface area (Å²) in [6, 6.07) is 0. The molecule has 0 radical (unpaired) electrons. The van der Waals surface area contributed by atoms with Crippen molar-refractivity contribution in [3.63, 3.8) is 0 Å². The Balaban J connectivity index is -0.000000180. The van der Waals surface area contributed by atoms with E-state index in [9.17, 15) is 4.21 Å². The van der Waals surface area contributed by atoms with Gasteiger partial charge in [-0.25, -0.2) is 4.21 Å². The van der Waals surface area contributed by atoms with Gasteiger partial charge in [-0.1, -0.05) is 0 Å². The molecule has 1 atom stereocenters. The molecule has 1 unspecified atom stereocenters. The van der Waals surface area contributed by atoms with Gasteiger partial charge in [-0.3, -0.25) is 0 Å². The van der Waals surface area contributed by atoms with Crippen molar-refractivity contribution in [1.82, 2.24) is 0 Å². The first kappa shape index (κ1) is 11.8. The second-order valence-electron chi connectivity index (χ2n) is 1.70. The molecule has 8 heavy (non-hydrogen) atoms. The number of aliphatic hydroxyl groups is 1. The first-order valence-electron chi connectivity index (χ1n) is 1.78. The minimum atomic E-state index is -2.13. The SMILES string of the molecule is CC(C)(O)S(=O)O.[H-].[Na+]. The number of hydrogen-bond acceptors (Lipinski definition) is 2. The molecule has 5 heteroatoms. The molecule has 0 spiro atoms. The van der Waals surface area contributed by atoms with Crippen LogP contribution < -0.4 is 29.6 Å². The van der Waals surface area contributed by atoms with Crippen molar-refractivity contribution in [2.75, 3.05) is 0 Å². The molecular formula is C3H9NaO3S. The quantitative estimate of drug-likeness (QED) is 0.309. The Labute approximate surface area is 74.5 Å².